The van der Waals surface area contributed by atoms with Crippen molar-refractivity contribution in [3.63, 3.8) is 0 Å². The van der Waals surface area contributed by atoms with Crippen LogP contribution in [0.2, 0.25) is 0 Å². The Kier molecular flexibility index (Phi) is 5.95. The van der Waals surface area contributed by atoms with Gasteiger partial charge >= 0.3 is 0 Å². The Balaban J connectivity index is 1.38. The van der Waals surface area contributed by atoms with Gasteiger partial charge in [0.1, 0.15) is 11.5 Å². The highest BCUT2D eigenvalue weighted by atomic mass is 16.5. The van der Waals surface area contributed by atoms with Crippen molar-refractivity contribution in [2.75, 3.05) is 5.73 Å². The van der Waals surface area contributed by atoms with E-state index in [0.717, 1.165) is 21.9 Å². The highest BCUT2D eigenvalue weighted by molar-refractivity contribution is 5.90. The van der Waals surface area contributed by atoms with Gasteiger partial charge < -0.3 is 10.5 Å². The molecular weight excluding hydrogens is 426 g/mol. The van der Waals surface area contributed by atoms with E-state index in [1.54, 1.807) is 0 Å². The Labute approximate surface area is 206 Å². The summed E-state index contributed by atoms with van der Waals surface area (Å²) in [5.41, 5.74) is 14.5. The molecule has 5 rings (SSSR count). The molecule has 0 fully saturated rings. The van der Waals surface area contributed by atoms with E-state index in [1.165, 1.54) is 27.8 Å². The van der Waals surface area contributed by atoms with Crippen LogP contribution in [0, 0.1) is 0 Å². The number of para-hydroxylation sites is 2. The van der Waals surface area contributed by atoms with Crippen molar-refractivity contribution in [2.24, 2.45) is 0 Å². The maximum Gasteiger partial charge on any atom is 0.150 e. The van der Waals surface area contributed by atoms with Crippen LogP contribution in [-0.4, -0.2) is 0 Å². The number of hydrogen-bond acceptors (Lipinski definition) is 2. The second kappa shape index (κ2) is 9.36. The number of allylic oxidation sites excluding steroid dienone is 1. The van der Waals surface area contributed by atoms with Crippen LogP contribution in [0.3, 0.4) is 0 Å². The Morgan fingerprint density at radius 2 is 1.23 bits per heavy atom. The summed E-state index contributed by atoms with van der Waals surface area (Å²) in [6.07, 6.45) is 0. The van der Waals surface area contributed by atoms with E-state index in [4.69, 9.17) is 10.5 Å². The van der Waals surface area contributed by atoms with Crippen molar-refractivity contribution < 1.29 is 4.74 Å². The molecule has 5 aromatic rings. The number of fused-ring (bicyclic) bond motifs is 1. The molecule has 0 saturated heterocycles. The van der Waals surface area contributed by atoms with Gasteiger partial charge in [-0.25, -0.2) is 0 Å². The maximum atomic E-state index is 6.00. The minimum Gasteiger partial charge on any atom is -0.455 e. The van der Waals surface area contributed by atoms with Gasteiger partial charge in [-0.1, -0.05) is 97.6 Å². The Morgan fingerprint density at radius 3 is 1.94 bits per heavy atom. The van der Waals surface area contributed by atoms with Crippen molar-refractivity contribution in [1.82, 2.24) is 0 Å². The van der Waals surface area contributed by atoms with Gasteiger partial charge in [0, 0.05) is 5.56 Å². The number of hydrogen-bond donors (Lipinski definition) is 1. The number of rotatable bonds is 6. The average Bonchev–Trinajstić information content (AvgIpc) is 2.89. The van der Waals surface area contributed by atoms with Crippen LogP contribution in [0.5, 0.6) is 5.75 Å². The fourth-order valence-corrected chi connectivity index (χ4v) is 4.18. The molecule has 0 atom stereocenters. The van der Waals surface area contributed by atoms with Gasteiger partial charge in [-0.3, -0.25) is 0 Å². The highest BCUT2D eigenvalue weighted by Gasteiger charge is 2.08. The third-order valence-corrected chi connectivity index (χ3v) is 6.22. The van der Waals surface area contributed by atoms with Gasteiger partial charge in [0.05, 0.1) is 5.69 Å². The lowest BCUT2D eigenvalue weighted by molar-refractivity contribution is 0.519. The van der Waals surface area contributed by atoms with Gasteiger partial charge in [-0.15, -0.1) is 0 Å². The Bertz CT molecular complexity index is 1560. The van der Waals surface area contributed by atoms with E-state index >= 15 is 0 Å². The number of nitrogens with two attached hydrogens (primary N) is 1. The van der Waals surface area contributed by atoms with Crippen LogP contribution in [0.15, 0.2) is 122 Å². The van der Waals surface area contributed by atoms with Crippen LogP contribution in [0.25, 0.3) is 44.4 Å². The number of anilines is 1. The lowest BCUT2D eigenvalue weighted by Crippen LogP contribution is -1.97. The molecule has 2 N–H and O–H groups in total. The lowest BCUT2D eigenvalue weighted by Gasteiger charge is -2.12. The summed E-state index contributed by atoms with van der Waals surface area (Å²) in [7, 11) is 0. The zero-order valence-electron chi connectivity index (χ0n) is 19.8. The molecule has 170 valence electrons. The zero-order chi connectivity index (χ0) is 24.4. The summed E-state index contributed by atoms with van der Waals surface area (Å²) in [5.74, 6) is 1.18. The summed E-state index contributed by atoms with van der Waals surface area (Å²) < 4.78 is 5.92. The second-order valence-corrected chi connectivity index (χ2v) is 8.78. The summed E-state index contributed by atoms with van der Waals surface area (Å²) in [6, 6.07) is 37.4. The van der Waals surface area contributed by atoms with Crippen LogP contribution in [0.1, 0.15) is 18.1 Å². The first kappa shape index (κ1) is 22.2. The van der Waals surface area contributed by atoms with Gasteiger partial charge in [-0.05, 0) is 75.8 Å². The third kappa shape index (κ3) is 4.73. The fourth-order valence-electron chi connectivity index (χ4n) is 4.18. The van der Waals surface area contributed by atoms with Crippen LogP contribution in [-0.2, 0) is 0 Å². The average molecular weight is 454 g/mol. The van der Waals surface area contributed by atoms with E-state index in [0.29, 0.717) is 17.2 Å². The molecule has 0 radical (unpaired) electrons. The molecule has 0 unspecified atom stereocenters. The molecule has 0 amide bonds. The predicted octanol–water partition coefficient (Wildman–Crippen LogP) is 8.84. The van der Waals surface area contributed by atoms with E-state index in [-0.39, 0.29) is 0 Å². The minimum atomic E-state index is 0.570. The van der Waals surface area contributed by atoms with Gasteiger partial charge in [-0.2, -0.15) is 0 Å². The largest absolute Gasteiger partial charge is 0.455 e. The van der Waals surface area contributed by atoms with E-state index in [2.05, 4.69) is 92.0 Å². The summed E-state index contributed by atoms with van der Waals surface area (Å²) in [5, 5.41) is 2.29. The molecule has 0 spiro atoms. The predicted molar refractivity (Wildman–Crippen MR) is 150 cm³/mol. The first-order valence-corrected chi connectivity index (χ1v) is 11.6. The molecular formula is C33H27NO. The maximum absolute atomic E-state index is 6.00. The third-order valence-electron chi connectivity index (χ3n) is 6.22. The van der Waals surface area contributed by atoms with Crippen molar-refractivity contribution in [3.8, 4) is 28.0 Å². The van der Waals surface area contributed by atoms with Crippen LogP contribution in [0.4, 0.5) is 5.69 Å². The van der Waals surface area contributed by atoms with E-state index in [1.807, 2.05) is 37.3 Å². The first-order chi connectivity index (χ1) is 17.0. The molecule has 0 bridgehead atoms. The highest BCUT2D eigenvalue weighted by Crippen LogP contribution is 2.31. The Hall–Kier alpha value is -4.56. The number of ether oxygens (including phenoxy) is 1. The molecule has 0 aromatic heterocycles. The molecule has 2 nitrogen and oxygen atoms in total. The summed E-state index contributed by atoms with van der Waals surface area (Å²) in [6.45, 7) is 10.2. The van der Waals surface area contributed by atoms with Crippen molar-refractivity contribution in [3.05, 3.63) is 133 Å². The molecule has 0 heterocycles. The molecule has 35 heavy (non-hydrogen) atoms. The molecule has 0 aliphatic rings. The van der Waals surface area contributed by atoms with Crippen molar-refractivity contribution in [1.29, 1.82) is 0 Å². The minimum absolute atomic E-state index is 0.570. The molecule has 5 aromatic carbocycles. The first-order valence-electron chi connectivity index (χ1n) is 11.6. The van der Waals surface area contributed by atoms with E-state index < -0.39 is 0 Å². The fraction of sp³-hybridized carbons (Fsp3) is 0.0303. The second-order valence-electron chi connectivity index (χ2n) is 8.78. The van der Waals surface area contributed by atoms with Crippen molar-refractivity contribution >= 4 is 27.8 Å². The number of nitrogen functional groups attached to an aromatic ring is 1. The SMILES string of the molecule is C=C(C)c1cccc(-c2ccc(-c3ccc4cc(C(=C)Oc5ccccc5N)ccc4c3)cc2)c1. The van der Waals surface area contributed by atoms with Gasteiger partial charge in [0.15, 0.2) is 0 Å². The number of benzene rings is 5. The standard InChI is InChI=1S/C33H27NO/c1-22(2)26-7-6-8-28(19-26)24-11-13-25(14-12-24)29-17-18-30-20-27(15-16-31(30)21-29)23(3)35-33-10-5-4-9-32(33)34/h4-21H,1,3,34H2,2H3. The zero-order valence-corrected chi connectivity index (χ0v) is 19.8. The normalized spacial score (nSPS) is 10.8. The quantitative estimate of drug-likeness (QED) is 0.206. The van der Waals surface area contributed by atoms with Crippen molar-refractivity contribution in [2.45, 2.75) is 6.92 Å². The van der Waals surface area contributed by atoms with Gasteiger partial charge in [0.2, 0.25) is 0 Å². The topological polar surface area (TPSA) is 35.2 Å². The summed E-state index contributed by atoms with van der Waals surface area (Å²) >= 11 is 0. The smallest absolute Gasteiger partial charge is 0.150 e. The monoisotopic (exact) mass is 453 g/mol. The molecule has 2 heteroatoms. The summed E-state index contributed by atoms with van der Waals surface area (Å²) in [4.78, 5) is 0. The van der Waals surface area contributed by atoms with Crippen LogP contribution >= 0.6 is 0 Å². The van der Waals surface area contributed by atoms with Crippen LogP contribution < -0.4 is 10.5 Å². The van der Waals surface area contributed by atoms with E-state index in [9.17, 15) is 0 Å². The molecule has 0 aliphatic carbocycles. The van der Waals surface area contributed by atoms with Gasteiger partial charge in [0.25, 0.3) is 0 Å². The molecule has 0 saturated carbocycles. The lowest BCUT2D eigenvalue weighted by atomic mass is 9.96. The molecule has 0 aliphatic heterocycles. The Morgan fingerprint density at radius 1 is 0.600 bits per heavy atom.